The molecule has 1 N–H and O–H groups in total. The molecule has 0 aromatic heterocycles. The minimum Gasteiger partial charge on any atom is -0.479 e. The summed E-state index contributed by atoms with van der Waals surface area (Å²) in [6.45, 7) is 8.25. The highest BCUT2D eigenvalue weighted by Gasteiger charge is 2.42. The third-order valence-corrected chi connectivity index (χ3v) is 5.40. The topological polar surface area (TPSA) is 65.0 Å². The van der Waals surface area contributed by atoms with Gasteiger partial charge in [0.15, 0.2) is 0 Å². The van der Waals surface area contributed by atoms with Gasteiger partial charge in [-0.3, -0.25) is 0 Å². The number of hydrogen-bond donors (Lipinski definition) is 1. The van der Waals surface area contributed by atoms with Crippen LogP contribution < -0.4 is 0 Å². The van der Waals surface area contributed by atoms with Gasteiger partial charge in [0.1, 0.15) is 6.10 Å². The molecule has 6 heteroatoms. The van der Waals surface area contributed by atoms with Crippen LogP contribution in [0.4, 0.5) is 0 Å². The van der Waals surface area contributed by atoms with Crippen molar-refractivity contribution in [2.24, 2.45) is 0 Å². The maximum Gasteiger partial charge on any atom is 0.501 e. The van der Waals surface area contributed by atoms with Crippen LogP contribution in [0.2, 0.25) is 6.04 Å². The summed E-state index contributed by atoms with van der Waals surface area (Å²) in [5.74, 6) is -0.988. The van der Waals surface area contributed by atoms with Crippen LogP contribution in [0.15, 0.2) is 0 Å². The highest BCUT2D eigenvalue weighted by Crippen LogP contribution is 2.21. The Labute approximate surface area is 104 Å². The predicted molar refractivity (Wildman–Crippen MR) is 66.9 cm³/mol. The Balaban J connectivity index is 4.67. The van der Waals surface area contributed by atoms with Crippen LogP contribution in [-0.2, 0) is 18.1 Å². The minimum atomic E-state index is -2.82. The van der Waals surface area contributed by atoms with E-state index in [1.54, 1.807) is 0 Å². The van der Waals surface area contributed by atoms with Crippen LogP contribution in [0.25, 0.3) is 0 Å². The third-order valence-electron chi connectivity index (χ3n) is 2.27. The summed E-state index contributed by atoms with van der Waals surface area (Å²) in [6.07, 6.45) is 1.02. The van der Waals surface area contributed by atoms with Crippen LogP contribution in [-0.4, -0.2) is 39.2 Å². The van der Waals surface area contributed by atoms with E-state index in [2.05, 4.69) is 6.92 Å². The van der Waals surface area contributed by atoms with E-state index < -0.39 is 20.9 Å². The molecule has 17 heavy (non-hydrogen) atoms. The maximum atomic E-state index is 10.8. The summed E-state index contributed by atoms with van der Waals surface area (Å²) < 4.78 is 16.8. The summed E-state index contributed by atoms with van der Waals surface area (Å²) >= 11 is 0. The molecule has 102 valence electrons. The highest BCUT2D eigenvalue weighted by molar-refractivity contribution is 6.60. The van der Waals surface area contributed by atoms with E-state index in [-0.39, 0.29) is 0 Å². The Morgan fingerprint density at radius 1 is 1.24 bits per heavy atom. The lowest BCUT2D eigenvalue weighted by molar-refractivity contribution is -0.146. The molecule has 0 aliphatic rings. The van der Waals surface area contributed by atoms with E-state index >= 15 is 0 Å². The van der Waals surface area contributed by atoms with Crippen LogP contribution in [0, 0.1) is 0 Å². The van der Waals surface area contributed by atoms with Crippen molar-refractivity contribution in [2.45, 2.75) is 52.7 Å². The van der Waals surface area contributed by atoms with Gasteiger partial charge in [0.25, 0.3) is 0 Å². The lowest BCUT2D eigenvalue weighted by Gasteiger charge is -2.30. The lowest BCUT2D eigenvalue weighted by atomic mass is 10.4. The van der Waals surface area contributed by atoms with Crippen molar-refractivity contribution in [1.29, 1.82) is 0 Å². The minimum absolute atomic E-state index is 0.474. The van der Waals surface area contributed by atoms with Crippen molar-refractivity contribution >= 4 is 14.8 Å². The standard InChI is InChI=1S/C11H24O5Si/c1-5-8-9-17(14-6-2,15-7-3)16-10(4)11(12)13/h10H,5-9H2,1-4H3,(H,12,13). The molecule has 1 unspecified atom stereocenters. The molecular weight excluding hydrogens is 240 g/mol. The summed E-state index contributed by atoms with van der Waals surface area (Å²) in [7, 11) is -2.82. The highest BCUT2D eigenvalue weighted by atomic mass is 28.4. The molecule has 0 saturated heterocycles. The normalized spacial score (nSPS) is 13.6. The molecular formula is C11H24O5Si. The van der Waals surface area contributed by atoms with Crippen LogP contribution in [0.5, 0.6) is 0 Å². The molecule has 0 amide bonds. The number of unbranched alkanes of at least 4 members (excludes halogenated alkanes) is 1. The average molecular weight is 264 g/mol. The molecule has 0 aliphatic heterocycles. The van der Waals surface area contributed by atoms with E-state index in [4.69, 9.17) is 18.4 Å². The summed E-state index contributed by atoms with van der Waals surface area (Å²) in [5.41, 5.74) is 0. The monoisotopic (exact) mass is 264 g/mol. The molecule has 0 fully saturated rings. The molecule has 0 aromatic rings. The van der Waals surface area contributed by atoms with Gasteiger partial charge < -0.3 is 18.4 Å². The molecule has 0 aromatic carbocycles. The zero-order chi connectivity index (χ0) is 13.3. The number of carbonyl (C=O) groups is 1. The fraction of sp³-hybridized carbons (Fsp3) is 0.909. The zero-order valence-corrected chi connectivity index (χ0v) is 12.2. The SMILES string of the molecule is CCCC[Si](OCC)(OCC)OC(C)C(=O)O. The van der Waals surface area contributed by atoms with Gasteiger partial charge in [-0.1, -0.05) is 13.3 Å². The second-order valence-electron chi connectivity index (χ2n) is 3.75. The Morgan fingerprint density at radius 3 is 2.12 bits per heavy atom. The number of rotatable bonds is 10. The predicted octanol–water partition coefficient (Wildman–Crippen LogP) is 2.29. The summed E-state index contributed by atoms with van der Waals surface area (Å²) in [4.78, 5) is 10.8. The number of carboxylic acid groups (broad SMARTS) is 1. The molecule has 0 bridgehead atoms. The Kier molecular flexibility index (Phi) is 8.41. The van der Waals surface area contributed by atoms with Gasteiger partial charge >= 0.3 is 14.8 Å². The smallest absolute Gasteiger partial charge is 0.479 e. The Morgan fingerprint density at radius 2 is 1.76 bits per heavy atom. The van der Waals surface area contributed by atoms with E-state index in [9.17, 15) is 4.79 Å². The fourth-order valence-electron chi connectivity index (χ4n) is 1.47. The van der Waals surface area contributed by atoms with Gasteiger partial charge in [0.2, 0.25) is 0 Å². The van der Waals surface area contributed by atoms with Crippen molar-refractivity contribution in [2.75, 3.05) is 13.2 Å². The molecule has 0 spiro atoms. The lowest BCUT2D eigenvalue weighted by Crippen LogP contribution is -2.49. The van der Waals surface area contributed by atoms with E-state index in [0.29, 0.717) is 19.3 Å². The second kappa shape index (κ2) is 8.63. The summed E-state index contributed by atoms with van der Waals surface area (Å²) in [5, 5.41) is 8.89. The van der Waals surface area contributed by atoms with Gasteiger partial charge in [0.05, 0.1) is 0 Å². The first-order valence-electron chi connectivity index (χ1n) is 6.19. The number of aliphatic carboxylic acids is 1. The van der Waals surface area contributed by atoms with E-state index in [1.165, 1.54) is 6.92 Å². The third kappa shape index (κ3) is 6.16. The number of hydrogen-bond acceptors (Lipinski definition) is 4. The summed E-state index contributed by atoms with van der Waals surface area (Å²) in [6, 6.07) is 0.669. The first-order chi connectivity index (χ1) is 8.01. The fourth-order valence-corrected chi connectivity index (χ4v) is 4.40. The van der Waals surface area contributed by atoms with Crippen molar-refractivity contribution in [1.82, 2.24) is 0 Å². The average Bonchev–Trinajstić information content (AvgIpc) is 2.27. The van der Waals surface area contributed by atoms with Gasteiger partial charge in [-0.05, 0) is 27.2 Å². The van der Waals surface area contributed by atoms with Crippen molar-refractivity contribution < 1.29 is 23.2 Å². The number of carboxylic acids is 1. The molecule has 0 heterocycles. The maximum absolute atomic E-state index is 10.8. The molecule has 5 nitrogen and oxygen atoms in total. The van der Waals surface area contributed by atoms with E-state index in [1.807, 2.05) is 13.8 Å². The first kappa shape index (κ1) is 16.6. The molecule has 0 saturated carbocycles. The van der Waals surface area contributed by atoms with Crippen molar-refractivity contribution in [3.63, 3.8) is 0 Å². The molecule has 1 atom stereocenters. The van der Waals surface area contributed by atoms with Gasteiger partial charge in [-0.15, -0.1) is 0 Å². The molecule has 0 radical (unpaired) electrons. The van der Waals surface area contributed by atoms with Gasteiger partial charge in [-0.25, -0.2) is 4.79 Å². The Bertz CT molecular complexity index is 216. The molecule has 0 rings (SSSR count). The largest absolute Gasteiger partial charge is 0.501 e. The van der Waals surface area contributed by atoms with Crippen molar-refractivity contribution in [3.05, 3.63) is 0 Å². The van der Waals surface area contributed by atoms with Gasteiger partial charge in [0, 0.05) is 19.3 Å². The van der Waals surface area contributed by atoms with Crippen LogP contribution >= 0.6 is 0 Å². The molecule has 0 aliphatic carbocycles. The van der Waals surface area contributed by atoms with Crippen LogP contribution in [0.3, 0.4) is 0 Å². The Hall–Kier alpha value is -0.433. The second-order valence-corrected chi connectivity index (χ2v) is 6.43. The van der Waals surface area contributed by atoms with Gasteiger partial charge in [-0.2, -0.15) is 0 Å². The van der Waals surface area contributed by atoms with E-state index in [0.717, 1.165) is 12.8 Å². The van der Waals surface area contributed by atoms with Crippen molar-refractivity contribution in [3.8, 4) is 0 Å². The zero-order valence-electron chi connectivity index (χ0n) is 11.2. The first-order valence-corrected chi connectivity index (χ1v) is 8.13. The van der Waals surface area contributed by atoms with Crippen LogP contribution in [0.1, 0.15) is 40.5 Å². The quantitative estimate of drug-likeness (QED) is 0.613.